The van der Waals surface area contributed by atoms with Crippen molar-refractivity contribution < 1.29 is 13.9 Å². The van der Waals surface area contributed by atoms with E-state index in [2.05, 4.69) is 15.3 Å². The normalized spacial score (nSPS) is 11.8. The lowest BCUT2D eigenvalue weighted by molar-refractivity contribution is 0.0600. The Morgan fingerprint density at radius 1 is 1.03 bits per heavy atom. The molecule has 2 aromatic carbocycles. The highest BCUT2D eigenvalue weighted by molar-refractivity contribution is 5.93. The van der Waals surface area contributed by atoms with Crippen molar-refractivity contribution in [1.29, 1.82) is 0 Å². The summed E-state index contributed by atoms with van der Waals surface area (Å²) in [4.78, 5) is 20.9. The Hall–Kier alpha value is -3.80. The number of aryl methyl sites for hydroxylation is 2. The number of carbonyl (C=O) groups excluding carboxylic acids is 1. The zero-order valence-corrected chi connectivity index (χ0v) is 18.0. The first-order chi connectivity index (χ1) is 15.5. The predicted molar refractivity (Wildman–Crippen MR) is 123 cm³/mol. The molecule has 0 spiro atoms. The van der Waals surface area contributed by atoms with E-state index in [1.54, 1.807) is 36.7 Å². The summed E-state index contributed by atoms with van der Waals surface area (Å²) in [5.74, 6) is 0.153. The Labute approximate surface area is 186 Å². The van der Waals surface area contributed by atoms with Crippen LogP contribution in [0.3, 0.4) is 0 Å². The quantitative estimate of drug-likeness (QED) is 0.392. The highest BCUT2D eigenvalue weighted by Gasteiger charge is 2.14. The van der Waals surface area contributed by atoms with Crippen LogP contribution in [0.1, 0.15) is 40.1 Å². The van der Waals surface area contributed by atoms with E-state index < -0.39 is 0 Å². The summed E-state index contributed by atoms with van der Waals surface area (Å²) in [5, 5.41) is 5.49. The molecule has 4 aromatic rings. The van der Waals surface area contributed by atoms with Crippen LogP contribution >= 0.6 is 0 Å². The van der Waals surface area contributed by atoms with Crippen molar-refractivity contribution in [2.24, 2.45) is 0 Å². The van der Waals surface area contributed by atoms with Crippen LogP contribution in [0.2, 0.25) is 0 Å². The first-order valence-electron chi connectivity index (χ1n) is 10.5. The monoisotopic (exact) mass is 429 g/mol. The molecule has 6 heteroatoms. The smallest absolute Gasteiger partial charge is 0.337 e. The molecule has 1 atom stereocenters. The van der Waals surface area contributed by atoms with Crippen molar-refractivity contribution in [2.75, 3.05) is 12.4 Å². The molecular formula is C26H24FN3O2. The minimum Gasteiger partial charge on any atom is -0.465 e. The van der Waals surface area contributed by atoms with Crippen molar-refractivity contribution in [2.45, 2.75) is 25.8 Å². The summed E-state index contributed by atoms with van der Waals surface area (Å²) in [6.45, 7) is 2.04. The summed E-state index contributed by atoms with van der Waals surface area (Å²) in [6, 6.07) is 17.8. The van der Waals surface area contributed by atoms with Gasteiger partial charge in [0.05, 0.1) is 18.4 Å². The van der Waals surface area contributed by atoms with Gasteiger partial charge in [0, 0.05) is 23.8 Å². The first kappa shape index (κ1) is 21.4. The minimum absolute atomic E-state index is 0.0453. The number of nitrogens with zero attached hydrogens (tertiary/aromatic N) is 2. The molecule has 0 radical (unpaired) electrons. The Morgan fingerprint density at radius 3 is 2.50 bits per heavy atom. The van der Waals surface area contributed by atoms with E-state index in [-0.39, 0.29) is 17.8 Å². The number of nitrogens with one attached hydrogen (secondary N) is 1. The van der Waals surface area contributed by atoms with Crippen molar-refractivity contribution >= 4 is 22.6 Å². The van der Waals surface area contributed by atoms with E-state index in [0.29, 0.717) is 18.4 Å². The van der Waals surface area contributed by atoms with Crippen LogP contribution in [0, 0.1) is 5.82 Å². The second-order valence-corrected chi connectivity index (χ2v) is 7.62. The molecule has 4 rings (SSSR count). The number of rotatable bonds is 7. The van der Waals surface area contributed by atoms with Gasteiger partial charge in [-0.05, 0) is 72.7 Å². The maximum atomic E-state index is 13.5. The third-order valence-electron chi connectivity index (χ3n) is 5.48. The highest BCUT2D eigenvalue weighted by atomic mass is 19.1. The zero-order chi connectivity index (χ0) is 22.5. The van der Waals surface area contributed by atoms with Crippen LogP contribution in [0.4, 0.5) is 10.2 Å². The number of halogens is 1. The van der Waals surface area contributed by atoms with Crippen LogP contribution in [-0.4, -0.2) is 23.0 Å². The number of anilines is 1. The fourth-order valence-electron chi connectivity index (χ4n) is 3.76. The van der Waals surface area contributed by atoms with Crippen LogP contribution in [0.15, 0.2) is 73.1 Å². The number of fused-ring (bicyclic) bond motifs is 1. The predicted octanol–water partition coefficient (Wildman–Crippen LogP) is 5.51. The van der Waals surface area contributed by atoms with Gasteiger partial charge in [0.25, 0.3) is 0 Å². The SMILES string of the molecule is COC(=O)c1ccc([C@H](C)Nc2nccc3ccnc(CCc4cccc(F)c4)c23)cc1. The summed E-state index contributed by atoms with van der Waals surface area (Å²) in [6.07, 6.45) is 4.92. The molecule has 0 saturated heterocycles. The van der Waals surface area contributed by atoms with Crippen molar-refractivity contribution in [3.05, 3.63) is 101 Å². The molecule has 1 N–H and O–H groups in total. The number of ether oxygens (including phenoxy) is 1. The lowest BCUT2D eigenvalue weighted by Gasteiger charge is -2.18. The van der Waals surface area contributed by atoms with Crippen LogP contribution in [0.5, 0.6) is 0 Å². The molecular weight excluding hydrogens is 405 g/mol. The van der Waals surface area contributed by atoms with Gasteiger partial charge in [-0.2, -0.15) is 0 Å². The molecule has 0 amide bonds. The van der Waals surface area contributed by atoms with Gasteiger partial charge < -0.3 is 10.1 Å². The summed E-state index contributed by atoms with van der Waals surface area (Å²) in [7, 11) is 1.37. The Kier molecular flexibility index (Phi) is 6.40. The average Bonchev–Trinajstić information content (AvgIpc) is 2.82. The maximum Gasteiger partial charge on any atom is 0.337 e. The lowest BCUT2D eigenvalue weighted by Crippen LogP contribution is -2.10. The number of aromatic nitrogens is 2. The van der Waals surface area contributed by atoms with Crippen LogP contribution in [-0.2, 0) is 17.6 Å². The van der Waals surface area contributed by atoms with Gasteiger partial charge >= 0.3 is 5.97 Å². The number of esters is 1. The molecule has 0 aliphatic heterocycles. The fraction of sp³-hybridized carbons (Fsp3) is 0.192. The van der Waals surface area contributed by atoms with Gasteiger partial charge in [0.2, 0.25) is 0 Å². The second kappa shape index (κ2) is 9.56. The Balaban J connectivity index is 1.59. The van der Waals surface area contributed by atoms with E-state index in [1.807, 2.05) is 37.3 Å². The largest absolute Gasteiger partial charge is 0.465 e. The highest BCUT2D eigenvalue weighted by Crippen LogP contribution is 2.28. The first-order valence-corrected chi connectivity index (χ1v) is 10.5. The zero-order valence-electron chi connectivity index (χ0n) is 18.0. The molecule has 0 fully saturated rings. The number of carbonyl (C=O) groups is 1. The number of benzene rings is 2. The molecule has 32 heavy (non-hydrogen) atoms. The van der Waals surface area contributed by atoms with Gasteiger partial charge in [-0.15, -0.1) is 0 Å². The minimum atomic E-state index is -0.359. The van der Waals surface area contributed by atoms with Crippen molar-refractivity contribution in [1.82, 2.24) is 9.97 Å². The number of methoxy groups -OCH3 is 1. The molecule has 0 unspecified atom stereocenters. The van der Waals surface area contributed by atoms with Crippen molar-refractivity contribution in [3.63, 3.8) is 0 Å². The second-order valence-electron chi connectivity index (χ2n) is 7.62. The van der Waals surface area contributed by atoms with Crippen LogP contribution in [0.25, 0.3) is 10.8 Å². The standard InChI is InChI=1S/C26H24FN3O2/c1-17(19-7-9-21(10-8-19)26(31)32-2)30-25-24-20(13-15-29-25)12-14-28-23(24)11-6-18-4-3-5-22(27)16-18/h3-5,7-10,12-17H,6,11H2,1-2H3,(H,29,30)/t17-/m0/s1. The Bertz CT molecular complexity index is 1240. The number of hydrogen-bond donors (Lipinski definition) is 1. The van der Waals surface area contributed by atoms with E-state index in [0.717, 1.165) is 33.4 Å². The molecule has 162 valence electrons. The van der Waals surface area contributed by atoms with E-state index >= 15 is 0 Å². The third kappa shape index (κ3) is 4.75. The molecule has 0 aliphatic carbocycles. The van der Waals surface area contributed by atoms with E-state index in [1.165, 1.54) is 13.2 Å². The summed E-state index contributed by atoms with van der Waals surface area (Å²) in [5.41, 5.74) is 3.37. The topological polar surface area (TPSA) is 64.1 Å². The molecule has 2 heterocycles. The van der Waals surface area contributed by atoms with Gasteiger partial charge in [-0.25, -0.2) is 14.2 Å². The van der Waals surface area contributed by atoms with Gasteiger partial charge in [0.1, 0.15) is 11.6 Å². The molecule has 0 aliphatic rings. The Morgan fingerprint density at radius 2 is 1.78 bits per heavy atom. The average molecular weight is 429 g/mol. The number of pyridine rings is 2. The van der Waals surface area contributed by atoms with Crippen molar-refractivity contribution in [3.8, 4) is 0 Å². The summed E-state index contributed by atoms with van der Waals surface area (Å²) >= 11 is 0. The maximum absolute atomic E-state index is 13.5. The molecule has 0 bridgehead atoms. The lowest BCUT2D eigenvalue weighted by atomic mass is 10.0. The van der Waals surface area contributed by atoms with Gasteiger partial charge in [-0.3, -0.25) is 4.98 Å². The summed E-state index contributed by atoms with van der Waals surface area (Å²) < 4.78 is 18.3. The van der Waals surface area contributed by atoms with Crippen LogP contribution < -0.4 is 5.32 Å². The molecule has 2 aromatic heterocycles. The van der Waals surface area contributed by atoms with Gasteiger partial charge in [0.15, 0.2) is 0 Å². The number of hydrogen-bond acceptors (Lipinski definition) is 5. The fourth-order valence-corrected chi connectivity index (χ4v) is 3.76. The van der Waals surface area contributed by atoms with E-state index in [4.69, 9.17) is 4.74 Å². The van der Waals surface area contributed by atoms with Gasteiger partial charge in [-0.1, -0.05) is 24.3 Å². The third-order valence-corrected chi connectivity index (χ3v) is 5.48. The molecule has 5 nitrogen and oxygen atoms in total. The van der Waals surface area contributed by atoms with E-state index in [9.17, 15) is 9.18 Å². The molecule has 0 saturated carbocycles.